The van der Waals surface area contributed by atoms with E-state index in [-0.39, 0.29) is 12.5 Å². The lowest BCUT2D eigenvalue weighted by Crippen LogP contribution is -2.26. The van der Waals surface area contributed by atoms with E-state index in [9.17, 15) is 9.90 Å². The van der Waals surface area contributed by atoms with Gasteiger partial charge in [-0.15, -0.1) is 0 Å². The van der Waals surface area contributed by atoms with E-state index in [1.54, 1.807) is 48.9 Å². The molecule has 0 aliphatic carbocycles. The van der Waals surface area contributed by atoms with E-state index in [1.807, 2.05) is 0 Å². The van der Waals surface area contributed by atoms with Crippen molar-refractivity contribution in [3.63, 3.8) is 0 Å². The van der Waals surface area contributed by atoms with Gasteiger partial charge in [-0.3, -0.25) is 9.78 Å². The maximum Gasteiger partial charge on any atom is 0.244 e. The van der Waals surface area contributed by atoms with Crippen molar-refractivity contribution in [2.24, 2.45) is 0 Å². The number of halogens is 1. The molecule has 0 saturated carbocycles. The van der Waals surface area contributed by atoms with Crippen molar-refractivity contribution in [2.45, 2.75) is 6.10 Å². The fourth-order valence-electron chi connectivity index (χ4n) is 1.62. The molecule has 2 aromatic heterocycles. The summed E-state index contributed by atoms with van der Waals surface area (Å²) >= 11 is 5.67. The lowest BCUT2D eigenvalue weighted by atomic mass is 10.1. The number of carbonyl (C=O) groups is 1. The van der Waals surface area contributed by atoms with Crippen molar-refractivity contribution in [1.29, 1.82) is 0 Å². The van der Waals surface area contributed by atoms with Crippen LogP contribution in [0.1, 0.15) is 17.2 Å². The molecule has 0 bridgehead atoms. The number of nitrogens with zero attached hydrogens (tertiary/aromatic N) is 2. The highest BCUT2D eigenvalue weighted by Crippen LogP contribution is 2.09. The number of aliphatic hydroxyl groups excluding tert-OH is 1. The topological polar surface area (TPSA) is 75.1 Å². The number of pyridine rings is 2. The van der Waals surface area contributed by atoms with E-state index >= 15 is 0 Å². The molecule has 2 heterocycles. The smallest absolute Gasteiger partial charge is 0.244 e. The Morgan fingerprint density at radius 3 is 2.76 bits per heavy atom. The molecule has 21 heavy (non-hydrogen) atoms. The molecule has 0 aromatic carbocycles. The minimum absolute atomic E-state index is 0.131. The van der Waals surface area contributed by atoms with Crippen LogP contribution in [0.3, 0.4) is 0 Å². The predicted octanol–water partition coefficient (Wildman–Crippen LogP) is 1.99. The molecule has 6 heteroatoms. The van der Waals surface area contributed by atoms with Gasteiger partial charge in [0.05, 0.1) is 6.10 Å². The van der Waals surface area contributed by atoms with E-state index in [4.69, 9.17) is 11.6 Å². The third-order valence-electron chi connectivity index (χ3n) is 2.74. The van der Waals surface area contributed by atoms with Crippen LogP contribution in [0, 0.1) is 0 Å². The number of hydrogen-bond donors (Lipinski definition) is 2. The number of rotatable bonds is 5. The van der Waals surface area contributed by atoms with Gasteiger partial charge in [0.25, 0.3) is 0 Å². The molecule has 2 N–H and O–H groups in total. The largest absolute Gasteiger partial charge is 0.387 e. The summed E-state index contributed by atoms with van der Waals surface area (Å²) in [5.41, 5.74) is 1.47. The number of amides is 1. The number of carbonyl (C=O) groups excluding carboxylic acids is 1. The summed E-state index contributed by atoms with van der Waals surface area (Å²) < 4.78 is 0. The van der Waals surface area contributed by atoms with Crippen LogP contribution in [-0.2, 0) is 4.79 Å². The van der Waals surface area contributed by atoms with Gasteiger partial charge in [0.15, 0.2) is 0 Å². The first kappa shape index (κ1) is 15.2. The van der Waals surface area contributed by atoms with E-state index in [0.29, 0.717) is 10.7 Å². The van der Waals surface area contributed by atoms with Crippen molar-refractivity contribution in [3.8, 4) is 0 Å². The van der Waals surface area contributed by atoms with E-state index in [0.717, 1.165) is 5.56 Å². The number of nitrogens with one attached hydrogen (secondary N) is 1. The van der Waals surface area contributed by atoms with E-state index in [2.05, 4.69) is 15.3 Å². The molecule has 0 radical (unpaired) electrons. The molecule has 1 amide bonds. The minimum Gasteiger partial charge on any atom is -0.387 e. The highest BCUT2D eigenvalue weighted by molar-refractivity contribution is 6.29. The zero-order chi connectivity index (χ0) is 15.1. The third kappa shape index (κ3) is 4.98. The Bertz CT molecular complexity index is 615. The number of hydrogen-bond acceptors (Lipinski definition) is 4. The van der Waals surface area contributed by atoms with Crippen molar-refractivity contribution < 1.29 is 9.90 Å². The zero-order valence-corrected chi connectivity index (χ0v) is 11.9. The van der Waals surface area contributed by atoms with Crippen molar-refractivity contribution >= 4 is 23.6 Å². The minimum atomic E-state index is -0.762. The summed E-state index contributed by atoms with van der Waals surface area (Å²) in [4.78, 5) is 19.4. The molecular formula is C15H14ClN3O2. The molecule has 0 aliphatic heterocycles. The second-order valence-electron chi connectivity index (χ2n) is 4.29. The second-order valence-corrected chi connectivity index (χ2v) is 4.68. The number of aromatic nitrogens is 2. The van der Waals surface area contributed by atoms with Crippen LogP contribution >= 0.6 is 11.6 Å². The molecule has 0 aliphatic rings. The standard InChI is InChI=1S/C15H14ClN3O2/c16-14-3-1-11(9-18-14)2-4-15(21)19-10-13(20)12-5-7-17-8-6-12/h1-9,13,20H,10H2,(H,19,21)/b4-2+. The molecule has 2 aromatic rings. The Kier molecular flexibility index (Phi) is 5.43. The normalized spacial score (nSPS) is 12.3. The lowest BCUT2D eigenvalue weighted by molar-refractivity contribution is -0.116. The fraction of sp³-hybridized carbons (Fsp3) is 0.133. The van der Waals surface area contributed by atoms with Gasteiger partial charge < -0.3 is 10.4 Å². The SMILES string of the molecule is O=C(/C=C/c1ccc(Cl)nc1)NCC(O)c1ccncc1. The van der Waals surface area contributed by atoms with Crippen LogP contribution in [0.25, 0.3) is 6.08 Å². The molecule has 0 fully saturated rings. The Labute approximate surface area is 127 Å². The molecule has 1 unspecified atom stereocenters. The summed E-state index contributed by atoms with van der Waals surface area (Å²) in [6, 6.07) is 6.80. The van der Waals surface area contributed by atoms with Gasteiger partial charge in [-0.05, 0) is 35.4 Å². The predicted molar refractivity (Wildman–Crippen MR) is 80.5 cm³/mol. The average Bonchev–Trinajstić information content (AvgIpc) is 2.53. The van der Waals surface area contributed by atoms with Crippen molar-refractivity contribution in [3.05, 3.63) is 65.2 Å². The fourth-order valence-corrected chi connectivity index (χ4v) is 1.73. The zero-order valence-electron chi connectivity index (χ0n) is 11.1. The number of aliphatic hydroxyl groups is 1. The Morgan fingerprint density at radius 1 is 1.33 bits per heavy atom. The Morgan fingerprint density at radius 2 is 2.10 bits per heavy atom. The van der Waals surface area contributed by atoms with Gasteiger partial charge in [-0.1, -0.05) is 17.7 Å². The molecular weight excluding hydrogens is 290 g/mol. The van der Waals surface area contributed by atoms with Gasteiger partial charge in [-0.2, -0.15) is 0 Å². The van der Waals surface area contributed by atoms with Crippen LogP contribution in [-0.4, -0.2) is 27.5 Å². The van der Waals surface area contributed by atoms with E-state index < -0.39 is 6.10 Å². The molecule has 5 nitrogen and oxygen atoms in total. The van der Waals surface area contributed by atoms with Crippen LogP contribution in [0.5, 0.6) is 0 Å². The Hall–Kier alpha value is -2.24. The summed E-state index contributed by atoms with van der Waals surface area (Å²) in [6.07, 6.45) is 6.99. The highest BCUT2D eigenvalue weighted by atomic mass is 35.5. The van der Waals surface area contributed by atoms with Crippen molar-refractivity contribution in [1.82, 2.24) is 15.3 Å². The van der Waals surface area contributed by atoms with Crippen molar-refractivity contribution in [2.75, 3.05) is 6.54 Å². The summed E-state index contributed by atoms with van der Waals surface area (Å²) in [5, 5.41) is 12.9. The Balaban J connectivity index is 1.83. The second kappa shape index (κ2) is 7.52. The van der Waals surface area contributed by atoms with Crippen LogP contribution in [0.4, 0.5) is 0 Å². The average molecular weight is 304 g/mol. The quantitative estimate of drug-likeness (QED) is 0.654. The van der Waals surface area contributed by atoms with Gasteiger partial charge in [0, 0.05) is 31.2 Å². The maximum atomic E-state index is 11.7. The van der Waals surface area contributed by atoms with Gasteiger partial charge in [-0.25, -0.2) is 4.98 Å². The van der Waals surface area contributed by atoms with E-state index in [1.165, 1.54) is 6.08 Å². The first-order chi connectivity index (χ1) is 10.1. The first-order valence-electron chi connectivity index (χ1n) is 6.30. The first-order valence-corrected chi connectivity index (χ1v) is 6.68. The van der Waals surface area contributed by atoms with Crippen LogP contribution in [0.15, 0.2) is 48.9 Å². The maximum absolute atomic E-state index is 11.7. The third-order valence-corrected chi connectivity index (χ3v) is 2.96. The highest BCUT2D eigenvalue weighted by Gasteiger charge is 2.07. The molecule has 108 valence electrons. The molecule has 2 rings (SSSR count). The van der Waals surface area contributed by atoms with Gasteiger partial charge >= 0.3 is 0 Å². The molecule has 1 atom stereocenters. The summed E-state index contributed by atoms with van der Waals surface area (Å²) in [7, 11) is 0. The van der Waals surface area contributed by atoms with Gasteiger partial charge in [0.1, 0.15) is 5.15 Å². The summed E-state index contributed by atoms with van der Waals surface area (Å²) in [6.45, 7) is 0.131. The van der Waals surface area contributed by atoms with Crippen LogP contribution < -0.4 is 5.32 Å². The monoisotopic (exact) mass is 303 g/mol. The molecule has 0 spiro atoms. The van der Waals surface area contributed by atoms with Gasteiger partial charge in [0.2, 0.25) is 5.91 Å². The lowest BCUT2D eigenvalue weighted by Gasteiger charge is -2.10. The summed E-state index contributed by atoms with van der Waals surface area (Å²) in [5.74, 6) is -0.293. The molecule has 0 saturated heterocycles. The van der Waals surface area contributed by atoms with Crippen LogP contribution in [0.2, 0.25) is 5.15 Å².